The number of furan rings is 2. The lowest BCUT2D eigenvalue weighted by molar-refractivity contribution is 0.547. The van der Waals surface area contributed by atoms with Gasteiger partial charge in [-0.15, -0.1) is 0 Å². The van der Waals surface area contributed by atoms with Crippen molar-refractivity contribution in [3.63, 3.8) is 0 Å². The zero-order valence-corrected chi connectivity index (χ0v) is 33.5. The summed E-state index contributed by atoms with van der Waals surface area (Å²) in [7, 11) is 0. The number of hydrogen-bond donors (Lipinski definition) is 0. The van der Waals surface area contributed by atoms with Crippen LogP contribution in [-0.2, 0) is 10.8 Å². The molecule has 0 spiro atoms. The van der Waals surface area contributed by atoms with E-state index in [9.17, 15) is 0 Å². The standard InChI is InChI=1S/C52H42N4O2/c1-51(2,3)49-54-44(47-45(55-49)39-21-10-11-23-40(39)57-47)37-20-13-18-35(30-37)34-17-12-19-36(29-34)38-22-14-24-41-42(38)46-48(58-41)43(53-50(56-46)52(4,5)6)33-27-25-32(26-28-33)31-15-8-7-9-16-31/h7-30H,1-6H3. The van der Waals surface area contributed by atoms with Gasteiger partial charge >= 0.3 is 0 Å². The Morgan fingerprint density at radius 1 is 0.379 bits per heavy atom. The van der Waals surface area contributed by atoms with E-state index in [0.29, 0.717) is 11.2 Å². The zero-order valence-electron chi connectivity index (χ0n) is 33.5. The van der Waals surface area contributed by atoms with E-state index in [-0.39, 0.29) is 10.8 Å². The Bertz CT molecular complexity index is 3180. The third-order valence-corrected chi connectivity index (χ3v) is 10.8. The highest BCUT2D eigenvalue weighted by atomic mass is 16.3. The highest BCUT2D eigenvalue weighted by Crippen LogP contribution is 2.42. The van der Waals surface area contributed by atoms with Crippen molar-refractivity contribution in [3.8, 4) is 55.9 Å². The van der Waals surface area contributed by atoms with Gasteiger partial charge in [0.15, 0.2) is 11.2 Å². The van der Waals surface area contributed by atoms with E-state index in [4.69, 9.17) is 28.8 Å². The van der Waals surface area contributed by atoms with Gasteiger partial charge in [-0.25, -0.2) is 19.9 Å². The van der Waals surface area contributed by atoms with Crippen LogP contribution in [0.4, 0.5) is 0 Å². The fourth-order valence-electron chi connectivity index (χ4n) is 7.74. The first-order chi connectivity index (χ1) is 28.0. The van der Waals surface area contributed by atoms with Gasteiger partial charge in [0.2, 0.25) is 0 Å². The molecule has 6 heteroatoms. The van der Waals surface area contributed by atoms with Crippen LogP contribution in [0.15, 0.2) is 154 Å². The van der Waals surface area contributed by atoms with Gasteiger partial charge in [-0.05, 0) is 63.7 Å². The maximum absolute atomic E-state index is 6.71. The van der Waals surface area contributed by atoms with Gasteiger partial charge in [0, 0.05) is 27.3 Å². The van der Waals surface area contributed by atoms with Crippen molar-refractivity contribution in [2.75, 3.05) is 0 Å². The van der Waals surface area contributed by atoms with Gasteiger partial charge in [0.1, 0.15) is 45.2 Å². The molecule has 4 aromatic heterocycles. The summed E-state index contributed by atoms with van der Waals surface area (Å²) in [6.45, 7) is 12.9. The van der Waals surface area contributed by atoms with Crippen LogP contribution in [0.3, 0.4) is 0 Å². The van der Waals surface area contributed by atoms with Gasteiger partial charge in [-0.3, -0.25) is 0 Å². The molecule has 10 aromatic rings. The normalized spacial score (nSPS) is 12.3. The van der Waals surface area contributed by atoms with E-state index in [1.54, 1.807) is 0 Å². The quantitative estimate of drug-likeness (QED) is 0.174. The predicted molar refractivity (Wildman–Crippen MR) is 237 cm³/mol. The molecule has 58 heavy (non-hydrogen) atoms. The van der Waals surface area contributed by atoms with Crippen LogP contribution in [-0.4, -0.2) is 19.9 Å². The molecule has 0 amide bonds. The van der Waals surface area contributed by atoms with Gasteiger partial charge in [-0.2, -0.15) is 0 Å². The highest BCUT2D eigenvalue weighted by molar-refractivity contribution is 6.13. The summed E-state index contributed by atoms with van der Waals surface area (Å²) in [6, 6.07) is 50.5. The van der Waals surface area contributed by atoms with Crippen molar-refractivity contribution in [2.24, 2.45) is 0 Å². The molecule has 0 aliphatic carbocycles. The molecule has 6 aromatic carbocycles. The van der Waals surface area contributed by atoms with Gasteiger partial charge in [0.25, 0.3) is 0 Å². The van der Waals surface area contributed by atoms with Crippen molar-refractivity contribution in [1.29, 1.82) is 0 Å². The average molecular weight is 755 g/mol. The third kappa shape index (κ3) is 6.13. The molecular weight excluding hydrogens is 713 g/mol. The van der Waals surface area contributed by atoms with E-state index in [2.05, 4.69) is 157 Å². The molecule has 0 radical (unpaired) electrons. The molecule has 0 aliphatic rings. The summed E-state index contributed by atoms with van der Waals surface area (Å²) < 4.78 is 13.1. The monoisotopic (exact) mass is 754 g/mol. The number of rotatable bonds is 5. The number of hydrogen-bond acceptors (Lipinski definition) is 6. The molecule has 4 heterocycles. The van der Waals surface area contributed by atoms with E-state index in [0.717, 1.165) is 95.0 Å². The summed E-state index contributed by atoms with van der Waals surface area (Å²) in [4.78, 5) is 20.6. The van der Waals surface area contributed by atoms with Gasteiger partial charge < -0.3 is 8.83 Å². The first kappa shape index (κ1) is 35.5. The summed E-state index contributed by atoms with van der Waals surface area (Å²) in [5, 5.41) is 1.96. The van der Waals surface area contributed by atoms with E-state index in [1.807, 2.05) is 30.3 Å². The van der Waals surface area contributed by atoms with Crippen molar-refractivity contribution in [2.45, 2.75) is 52.4 Å². The largest absolute Gasteiger partial charge is 0.452 e. The van der Waals surface area contributed by atoms with Crippen LogP contribution in [0.25, 0.3) is 100 Å². The average Bonchev–Trinajstić information content (AvgIpc) is 3.82. The van der Waals surface area contributed by atoms with Crippen molar-refractivity contribution < 1.29 is 8.83 Å². The number of para-hydroxylation sites is 1. The predicted octanol–water partition coefficient (Wildman–Crippen LogP) is 14.0. The van der Waals surface area contributed by atoms with Crippen molar-refractivity contribution in [1.82, 2.24) is 19.9 Å². The second kappa shape index (κ2) is 13.3. The van der Waals surface area contributed by atoms with Gasteiger partial charge in [0.05, 0.1) is 5.39 Å². The highest BCUT2D eigenvalue weighted by Gasteiger charge is 2.26. The lowest BCUT2D eigenvalue weighted by Crippen LogP contribution is -2.16. The van der Waals surface area contributed by atoms with Gasteiger partial charge in [-0.1, -0.05) is 157 Å². The fourth-order valence-corrected chi connectivity index (χ4v) is 7.74. The zero-order chi connectivity index (χ0) is 39.8. The van der Waals surface area contributed by atoms with Crippen LogP contribution in [0.5, 0.6) is 0 Å². The second-order valence-electron chi connectivity index (χ2n) is 17.1. The van der Waals surface area contributed by atoms with E-state index < -0.39 is 0 Å². The molecule has 0 fully saturated rings. The molecule has 0 N–H and O–H groups in total. The summed E-state index contributed by atoms with van der Waals surface area (Å²) >= 11 is 0. The van der Waals surface area contributed by atoms with Crippen molar-refractivity contribution >= 4 is 44.1 Å². The SMILES string of the molecule is CC(C)(C)c1nc(-c2cccc(-c3cccc(-c4cccc5oc6c(-c7ccc(-c8ccccc8)cc7)nc(C(C)(C)C)nc6c45)c3)c2)c2oc3ccccc3c2n1. The van der Waals surface area contributed by atoms with Crippen LogP contribution < -0.4 is 0 Å². The molecule has 0 saturated carbocycles. The molecule has 0 unspecified atom stereocenters. The Morgan fingerprint density at radius 3 is 1.57 bits per heavy atom. The smallest absolute Gasteiger partial charge is 0.180 e. The number of fused-ring (bicyclic) bond motifs is 6. The van der Waals surface area contributed by atoms with Crippen LogP contribution >= 0.6 is 0 Å². The molecular formula is C52H42N4O2. The molecule has 6 nitrogen and oxygen atoms in total. The maximum Gasteiger partial charge on any atom is 0.180 e. The lowest BCUT2D eigenvalue weighted by atomic mass is 9.93. The van der Waals surface area contributed by atoms with Crippen LogP contribution in [0.2, 0.25) is 0 Å². The topological polar surface area (TPSA) is 77.8 Å². The lowest BCUT2D eigenvalue weighted by Gasteiger charge is -2.18. The Kier molecular flexibility index (Phi) is 8.17. The Morgan fingerprint density at radius 2 is 0.862 bits per heavy atom. The second-order valence-corrected chi connectivity index (χ2v) is 17.1. The van der Waals surface area contributed by atoms with Crippen LogP contribution in [0, 0.1) is 0 Å². The molecule has 0 saturated heterocycles. The summed E-state index contributed by atoms with van der Waals surface area (Å²) in [5.41, 5.74) is 14.2. The van der Waals surface area contributed by atoms with Crippen LogP contribution in [0.1, 0.15) is 53.2 Å². The fraction of sp³-hybridized carbons (Fsp3) is 0.154. The minimum absolute atomic E-state index is 0.252. The maximum atomic E-state index is 6.71. The van der Waals surface area contributed by atoms with E-state index >= 15 is 0 Å². The minimum atomic E-state index is -0.290. The number of benzene rings is 6. The van der Waals surface area contributed by atoms with E-state index in [1.165, 1.54) is 5.56 Å². The van der Waals surface area contributed by atoms with Crippen molar-refractivity contribution in [3.05, 3.63) is 157 Å². The molecule has 10 rings (SSSR count). The first-order valence-electron chi connectivity index (χ1n) is 19.8. The third-order valence-electron chi connectivity index (χ3n) is 10.8. The summed E-state index contributed by atoms with van der Waals surface area (Å²) in [5.74, 6) is 1.54. The number of nitrogens with zero attached hydrogens (tertiary/aromatic N) is 4. The minimum Gasteiger partial charge on any atom is -0.452 e. The molecule has 0 aliphatic heterocycles. The molecule has 0 bridgehead atoms. The molecule has 0 atom stereocenters. The Hall–Kier alpha value is -6.92. The first-order valence-corrected chi connectivity index (χ1v) is 19.8. The molecule has 282 valence electrons. The Labute approximate surface area is 337 Å². The Balaban J connectivity index is 1.10. The number of aromatic nitrogens is 4. The summed E-state index contributed by atoms with van der Waals surface area (Å²) in [6.07, 6.45) is 0.